The van der Waals surface area contributed by atoms with Gasteiger partial charge >= 0.3 is 0 Å². The number of hydrogen-bond acceptors (Lipinski definition) is 2. The SMILES string of the molecule is CNC[C@@H](O)CC1=C2CC=CC=C2Cc2ccccc21. The molecule has 3 rings (SSSR count). The van der Waals surface area contributed by atoms with E-state index in [0.29, 0.717) is 6.54 Å². The first-order valence-electron chi connectivity index (χ1n) is 7.28. The normalized spacial score (nSPS) is 18.4. The third kappa shape index (κ3) is 2.49. The lowest BCUT2D eigenvalue weighted by molar-refractivity contribution is 0.180. The number of aliphatic hydroxyl groups is 1. The summed E-state index contributed by atoms with van der Waals surface area (Å²) in [5.74, 6) is 0. The van der Waals surface area contributed by atoms with Crippen LogP contribution in [0, 0.1) is 0 Å². The van der Waals surface area contributed by atoms with Crippen LogP contribution < -0.4 is 5.32 Å². The summed E-state index contributed by atoms with van der Waals surface area (Å²) in [7, 11) is 1.88. The van der Waals surface area contributed by atoms with Crippen molar-refractivity contribution in [3.8, 4) is 0 Å². The second-order valence-corrected chi connectivity index (χ2v) is 5.53. The van der Waals surface area contributed by atoms with Gasteiger partial charge in [0.05, 0.1) is 6.10 Å². The van der Waals surface area contributed by atoms with Crippen LogP contribution in [-0.2, 0) is 6.42 Å². The molecule has 0 saturated heterocycles. The molecule has 0 heterocycles. The minimum Gasteiger partial charge on any atom is -0.391 e. The van der Waals surface area contributed by atoms with Crippen LogP contribution in [0.5, 0.6) is 0 Å². The molecule has 2 aliphatic carbocycles. The molecular weight excluding hydrogens is 246 g/mol. The van der Waals surface area contributed by atoms with Crippen LogP contribution in [0.3, 0.4) is 0 Å². The van der Waals surface area contributed by atoms with Crippen molar-refractivity contribution in [2.45, 2.75) is 25.4 Å². The van der Waals surface area contributed by atoms with E-state index < -0.39 is 0 Å². The Balaban J connectivity index is 2.02. The Morgan fingerprint density at radius 3 is 3.00 bits per heavy atom. The van der Waals surface area contributed by atoms with E-state index in [0.717, 1.165) is 19.3 Å². The van der Waals surface area contributed by atoms with Gasteiger partial charge in [0.1, 0.15) is 0 Å². The van der Waals surface area contributed by atoms with Crippen LogP contribution >= 0.6 is 0 Å². The Labute approximate surface area is 120 Å². The van der Waals surface area contributed by atoms with E-state index in [-0.39, 0.29) is 6.10 Å². The molecule has 0 spiro atoms. The highest BCUT2D eigenvalue weighted by atomic mass is 16.3. The van der Waals surface area contributed by atoms with Gasteiger partial charge in [-0.25, -0.2) is 0 Å². The fraction of sp³-hybridized carbons (Fsp3) is 0.333. The van der Waals surface area contributed by atoms with Gasteiger partial charge in [-0.05, 0) is 47.7 Å². The fourth-order valence-electron chi connectivity index (χ4n) is 3.20. The first-order chi connectivity index (χ1) is 9.79. The highest BCUT2D eigenvalue weighted by Crippen LogP contribution is 2.39. The monoisotopic (exact) mass is 267 g/mol. The fourth-order valence-corrected chi connectivity index (χ4v) is 3.20. The predicted molar refractivity (Wildman–Crippen MR) is 83.5 cm³/mol. The van der Waals surface area contributed by atoms with Crippen molar-refractivity contribution in [3.63, 3.8) is 0 Å². The molecule has 2 aliphatic rings. The summed E-state index contributed by atoms with van der Waals surface area (Å²) in [6.07, 6.45) is 8.97. The zero-order valence-electron chi connectivity index (χ0n) is 11.9. The molecule has 0 aliphatic heterocycles. The van der Waals surface area contributed by atoms with Gasteiger partial charge in [-0.15, -0.1) is 0 Å². The lowest BCUT2D eigenvalue weighted by Crippen LogP contribution is -2.24. The molecule has 0 radical (unpaired) electrons. The van der Waals surface area contributed by atoms with Crippen molar-refractivity contribution in [3.05, 3.63) is 64.8 Å². The summed E-state index contributed by atoms with van der Waals surface area (Å²) in [6, 6.07) is 8.59. The Morgan fingerprint density at radius 2 is 2.15 bits per heavy atom. The molecule has 1 aromatic rings. The number of hydrogen-bond donors (Lipinski definition) is 2. The van der Waals surface area contributed by atoms with Gasteiger partial charge in [-0.2, -0.15) is 0 Å². The molecule has 2 N–H and O–H groups in total. The van der Waals surface area contributed by atoms with Crippen LogP contribution in [0.15, 0.2) is 53.6 Å². The second-order valence-electron chi connectivity index (χ2n) is 5.53. The zero-order chi connectivity index (χ0) is 13.9. The van der Waals surface area contributed by atoms with Gasteiger partial charge in [0.2, 0.25) is 0 Å². The molecular formula is C18H21NO. The average molecular weight is 267 g/mol. The molecule has 0 aromatic heterocycles. The van der Waals surface area contributed by atoms with E-state index in [1.54, 1.807) is 0 Å². The van der Waals surface area contributed by atoms with Crippen molar-refractivity contribution in [1.29, 1.82) is 0 Å². The summed E-state index contributed by atoms with van der Waals surface area (Å²) in [6.45, 7) is 0.633. The predicted octanol–water partition coefficient (Wildman–Crippen LogP) is 2.85. The molecule has 0 bridgehead atoms. The van der Waals surface area contributed by atoms with Crippen LogP contribution in [0.4, 0.5) is 0 Å². The Hall–Kier alpha value is -1.64. The first-order valence-corrected chi connectivity index (χ1v) is 7.28. The third-order valence-corrected chi connectivity index (χ3v) is 4.11. The quantitative estimate of drug-likeness (QED) is 0.879. The summed E-state index contributed by atoms with van der Waals surface area (Å²) in [5, 5.41) is 13.2. The van der Waals surface area contributed by atoms with E-state index in [2.05, 4.69) is 47.8 Å². The molecule has 2 nitrogen and oxygen atoms in total. The van der Waals surface area contributed by atoms with Crippen molar-refractivity contribution in [1.82, 2.24) is 5.32 Å². The van der Waals surface area contributed by atoms with E-state index in [4.69, 9.17) is 0 Å². The van der Waals surface area contributed by atoms with E-state index in [9.17, 15) is 5.11 Å². The molecule has 2 heteroatoms. The van der Waals surface area contributed by atoms with Crippen LogP contribution in [0.25, 0.3) is 5.57 Å². The van der Waals surface area contributed by atoms with E-state index >= 15 is 0 Å². The van der Waals surface area contributed by atoms with Crippen molar-refractivity contribution < 1.29 is 5.11 Å². The minimum absolute atomic E-state index is 0.333. The smallest absolute Gasteiger partial charge is 0.0705 e. The highest BCUT2D eigenvalue weighted by molar-refractivity contribution is 5.79. The van der Waals surface area contributed by atoms with Gasteiger partial charge in [-0.1, -0.05) is 42.5 Å². The molecule has 0 saturated carbocycles. The standard InChI is InChI=1S/C18H21NO/c1-19-12-15(20)11-18-16-8-4-2-6-13(16)10-14-7-3-5-9-17(14)18/h2-8,15,19-20H,9-12H2,1H3/t15-/m0/s1. The molecule has 0 fully saturated rings. The maximum absolute atomic E-state index is 10.2. The molecule has 0 amide bonds. The molecule has 0 unspecified atom stereocenters. The topological polar surface area (TPSA) is 32.3 Å². The van der Waals surface area contributed by atoms with Crippen molar-refractivity contribution in [2.75, 3.05) is 13.6 Å². The van der Waals surface area contributed by atoms with Crippen molar-refractivity contribution in [2.24, 2.45) is 0 Å². The minimum atomic E-state index is -0.333. The molecule has 1 atom stereocenters. The van der Waals surface area contributed by atoms with Crippen LogP contribution in [-0.4, -0.2) is 24.8 Å². The van der Waals surface area contributed by atoms with Gasteiger partial charge in [0.25, 0.3) is 0 Å². The van der Waals surface area contributed by atoms with Gasteiger partial charge in [0.15, 0.2) is 0 Å². The van der Waals surface area contributed by atoms with Gasteiger partial charge in [-0.3, -0.25) is 0 Å². The second kappa shape index (κ2) is 5.78. The van der Waals surface area contributed by atoms with E-state index in [1.807, 2.05) is 7.05 Å². The molecule has 20 heavy (non-hydrogen) atoms. The lowest BCUT2D eigenvalue weighted by Gasteiger charge is -2.28. The molecule has 1 aromatic carbocycles. The average Bonchev–Trinajstić information content (AvgIpc) is 2.47. The number of benzene rings is 1. The zero-order valence-corrected chi connectivity index (χ0v) is 11.9. The Morgan fingerprint density at radius 1 is 1.30 bits per heavy atom. The third-order valence-electron chi connectivity index (χ3n) is 4.11. The summed E-state index contributed by atoms with van der Waals surface area (Å²) in [4.78, 5) is 0. The first kappa shape index (κ1) is 13.3. The molecule has 104 valence electrons. The van der Waals surface area contributed by atoms with Crippen molar-refractivity contribution >= 4 is 5.57 Å². The van der Waals surface area contributed by atoms with Gasteiger partial charge in [0, 0.05) is 13.0 Å². The number of allylic oxidation sites excluding steroid dienone is 5. The Bertz CT molecular complexity index is 595. The number of aliphatic hydroxyl groups excluding tert-OH is 1. The van der Waals surface area contributed by atoms with E-state index in [1.165, 1.54) is 27.8 Å². The summed E-state index contributed by atoms with van der Waals surface area (Å²) >= 11 is 0. The number of likely N-dealkylation sites (N-methyl/N-ethyl adjacent to an activating group) is 1. The summed E-state index contributed by atoms with van der Waals surface area (Å²) in [5.41, 5.74) is 6.86. The highest BCUT2D eigenvalue weighted by Gasteiger charge is 2.23. The van der Waals surface area contributed by atoms with Crippen LogP contribution in [0.2, 0.25) is 0 Å². The maximum Gasteiger partial charge on any atom is 0.0705 e. The number of rotatable bonds is 4. The number of fused-ring (bicyclic) bond motifs is 2. The largest absolute Gasteiger partial charge is 0.391 e. The Kier molecular flexibility index (Phi) is 3.86. The van der Waals surface area contributed by atoms with Crippen LogP contribution in [0.1, 0.15) is 24.0 Å². The van der Waals surface area contributed by atoms with Gasteiger partial charge < -0.3 is 10.4 Å². The number of nitrogens with one attached hydrogen (secondary N) is 1. The lowest BCUT2D eigenvalue weighted by atomic mass is 9.77. The maximum atomic E-state index is 10.2. The summed E-state index contributed by atoms with van der Waals surface area (Å²) < 4.78 is 0.